The molecule has 27 heavy (non-hydrogen) atoms. The van der Waals surface area contributed by atoms with Crippen molar-refractivity contribution >= 4 is 27.5 Å². The van der Waals surface area contributed by atoms with Crippen LogP contribution in [0, 0.1) is 5.82 Å². The molecule has 1 saturated heterocycles. The number of anilines is 1. The van der Waals surface area contributed by atoms with Crippen LogP contribution in [0.15, 0.2) is 59.5 Å². The molecule has 140 valence electrons. The Hall–Kier alpha value is -2.58. The number of carbonyl (C=O) groups excluding carboxylic acids is 2. The third-order valence-electron chi connectivity index (χ3n) is 4.74. The molecule has 1 atom stereocenters. The molecule has 4 rings (SSSR count). The average Bonchev–Trinajstić information content (AvgIpc) is 3.42. The summed E-state index contributed by atoms with van der Waals surface area (Å²) in [6.45, 7) is 0. The monoisotopic (exact) mass is 388 g/mol. The minimum atomic E-state index is -4.03. The van der Waals surface area contributed by atoms with Gasteiger partial charge in [0, 0.05) is 6.04 Å². The predicted molar refractivity (Wildman–Crippen MR) is 95.8 cm³/mol. The number of sulfonamides is 1. The maximum absolute atomic E-state index is 13.2. The Kier molecular flexibility index (Phi) is 4.32. The molecule has 2 aliphatic rings. The van der Waals surface area contributed by atoms with Gasteiger partial charge in [-0.2, -0.15) is 4.31 Å². The summed E-state index contributed by atoms with van der Waals surface area (Å²) in [5.74, 6) is -1.53. The Morgan fingerprint density at radius 2 is 1.59 bits per heavy atom. The summed E-state index contributed by atoms with van der Waals surface area (Å²) in [5.41, 5.74) is 0.421. The molecule has 1 unspecified atom stereocenters. The molecular formula is C19H17FN2O4S. The quantitative estimate of drug-likeness (QED) is 0.737. The lowest BCUT2D eigenvalue weighted by Crippen LogP contribution is -2.46. The molecule has 1 aliphatic heterocycles. The number of rotatable bonds is 5. The highest BCUT2D eigenvalue weighted by molar-refractivity contribution is 7.89. The number of amides is 2. The largest absolute Gasteiger partial charge is 0.274 e. The van der Waals surface area contributed by atoms with E-state index in [0.717, 1.165) is 21.3 Å². The molecule has 0 aromatic heterocycles. The first-order valence-electron chi connectivity index (χ1n) is 8.60. The fraction of sp³-hybridized carbons (Fsp3) is 0.263. The molecule has 1 heterocycles. The van der Waals surface area contributed by atoms with Gasteiger partial charge in [0.2, 0.25) is 15.9 Å². The zero-order valence-electron chi connectivity index (χ0n) is 14.3. The second kappa shape index (κ2) is 6.54. The van der Waals surface area contributed by atoms with E-state index in [9.17, 15) is 22.4 Å². The molecule has 6 nitrogen and oxygen atoms in total. The summed E-state index contributed by atoms with van der Waals surface area (Å²) < 4.78 is 40.6. The summed E-state index contributed by atoms with van der Waals surface area (Å²) in [4.78, 5) is 26.4. The first kappa shape index (κ1) is 17.8. The van der Waals surface area contributed by atoms with E-state index in [4.69, 9.17) is 0 Å². The minimum absolute atomic E-state index is 0.0887. The van der Waals surface area contributed by atoms with Gasteiger partial charge in [-0.3, -0.25) is 9.59 Å². The number of imide groups is 1. The number of hydrogen-bond acceptors (Lipinski definition) is 4. The van der Waals surface area contributed by atoms with Crippen molar-refractivity contribution in [3.63, 3.8) is 0 Å². The van der Waals surface area contributed by atoms with E-state index in [1.54, 1.807) is 30.3 Å². The van der Waals surface area contributed by atoms with Crippen molar-refractivity contribution in [2.75, 3.05) is 4.90 Å². The number of halogens is 1. The maximum Gasteiger partial charge on any atom is 0.252 e. The van der Waals surface area contributed by atoms with E-state index >= 15 is 0 Å². The van der Waals surface area contributed by atoms with Gasteiger partial charge in [-0.25, -0.2) is 17.7 Å². The fourth-order valence-corrected chi connectivity index (χ4v) is 5.17. The van der Waals surface area contributed by atoms with E-state index in [1.165, 1.54) is 12.1 Å². The average molecular weight is 388 g/mol. The van der Waals surface area contributed by atoms with Crippen molar-refractivity contribution in [1.82, 2.24) is 4.31 Å². The molecule has 1 saturated carbocycles. The Bertz CT molecular complexity index is 988. The number of hydrogen-bond donors (Lipinski definition) is 0. The van der Waals surface area contributed by atoms with Crippen molar-refractivity contribution in [2.45, 2.75) is 36.2 Å². The number of benzene rings is 2. The van der Waals surface area contributed by atoms with Crippen LogP contribution in [0.25, 0.3) is 0 Å². The second-order valence-corrected chi connectivity index (χ2v) is 8.49. The summed E-state index contributed by atoms with van der Waals surface area (Å²) in [5, 5.41) is 0. The molecule has 2 amide bonds. The van der Waals surface area contributed by atoms with E-state index in [1.807, 2.05) is 0 Å². The second-order valence-electron chi connectivity index (χ2n) is 6.64. The molecule has 0 radical (unpaired) electrons. The molecule has 1 aliphatic carbocycles. The lowest BCUT2D eigenvalue weighted by molar-refractivity contribution is -0.122. The lowest BCUT2D eigenvalue weighted by atomic mass is 10.2. The Balaban J connectivity index is 1.70. The smallest absolute Gasteiger partial charge is 0.252 e. The molecule has 2 aromatic carbocycles. The maximum atomic E-state index is 13.2. The van der Waals surface area contributed by atoms with Gasteiger partial charge in [0.15, 0.2) is 0 Å². The molecule has 0 N–H and O–H groups in total. The van der Waals surface area contributed by atoms with Crippen molar-refractivity contribution in [2.24, 2.45) is 0 Å². The van der Waals surface area contributed by atoms with Crippen LogP contribution in [0.1, 0.15) is 19.3 Å². The summed E-state index contributed by atoms with van der Waals surface area (Å²) in [6, 6.07) is 11.5. The Morgan fingerprint density at radius 3 is 2.19 bits per heavy atom. The number of nitrogens with zero attached hydrogens (tertiary/aromatic N) is 2. The molecule has 2 aromatic rings. The number of carbonyl (C=O) groups is 2. The van der Waals surface area contributed by atoms with Crippen molar-refractivity contribution in [1.29, 1.82) is 0 Å². The van der Waals surface area contributed by atoms with E-state index in [0.29, 0.717) is 18.5 Å². The van der Waals surface area contributed by atoms with Gasteiger partial charge in [-0.1, -0.05) is 18.2 Å². The molecule has 0 spiro atoms. The fourth-order valence-electron chi connectivity index (χ4n) is 3.34. The Labute approximate surface area is 156 Å². The van der Waals surface area contributed by atoms with Crippen LogP contribution in [0.3, 0.4) is 0 Å². The third-order valence-corrected chi connectivity index (χ3v) is 6.72. The normalized spacial score (nSPS) is 20.5. The highest BCUT2D eigenvalue weighted by atomic mass is 32.2. The first-order valence-corrected chi connectivity index (χ1v) is 10.0. The zero-order chi connectivity index (χ0) is 19.2. The highest BCUT2D eigenvalue weighted by Gasteiger charge is 2.51. The van der Waals surface area contributed by atoms with Crippen molar-refractivity contribution in [3.05, 3.63) is 60.4 Å². The van der Waals surface area contributed by atoms with Crippen molar-refractivity contribution < 1.29 is 22.4 Å². The third kappa shape index (κ3) is 3.15. The minimum Gasteiger partial charge on any atom is -0.274 e. The van der Waals surface area contributed by atoms with Gasteiger partial charge in [-0.15, -0.1) is 0 Å². The molecule has 2 fully saturated rings. The van der Waals surface area contributed by atoms with Gasteiger partial charge < -0.3 is 0 Å². The predicted octanol–water partition coefficient (Wildman–Crippen LogP) is 2.31. The SMILES string of the molecule is O=C1CC(N(C2CC2)S(=O)(=O)c2ccc(F)cc2)C(=O)N1c1ccccc1. The van der Waals surface area contributed by atoms with Crippen LogP contribution in [-0.2, 0) is 19.6 Å². The topological polar surface area (TPSA) is 74.8 Å². The van der Waals surface area contributed by atoms with Gasteiger partial charge in [-0.05, 0) is 49.2 Å². The highest BCUT2D eigenvalue weighted by Crippen LogP contribution is 2.38. The van der Waals surface area contributed by atoms with Crippen molar-refractivity contribution in [3.8, 4) is 0 Å². The molecule has 0 bridgehead atoms. The van der Waals surface area contributed by atoms with Gasteiger partial charge in [0.25, 0.3) is 5.91 Å². The van der Waals surface area contributed by atoms with Crippen LogP contribution in [0.2, 0.25) is 0 Å². The Morgan fingerprint density at radius 1 is 0.963 bits per heavy atom. The van der Waals surface area contributed by atoms with Gasteiger partial charge in [0.05, 0.1) is 17.0 Å². The number of para-hydroxylation sites is 1. The van der Waals surface area contributed by atoms with Crippen LogP contribution >= 0.6 is 0 Å². The van der Waals surface area contributed by atoms with Crippen LogP contribution in [0.5, 0.6) is 0 Å². The summed E-state index contributed by atoms with van der Waals surface area (Å²) in [7, 11) is -4.03. The van der Waals surface area contributed by atoms with Crippen LogP contribution < -0.4 is 4.90 Å². The zero-order valence-corrected chi connectivity index (χ0v) is 15.1. The van der Waals surface area contributed by atoms with Gasteiger partial charge >= 0.3 is 0 Å². The lowest BCUT2D eigenvalue weighted by Gasteiger charge is -2.26. The van der Waals surface area contributed by atoms with Crippen LogP contribution in [0.4, 0.5) is 10.1 Å². The van der Waals surface area contributed by atoms with E-state index in [2.05, 4.69) is 0 Å². The molecular weight excluding hydrogens is 371 g/mol. The van der Waals surface area contributed by atoms with Crippen LogP contribution in [-0.4, -0.2) is 36.6 Å². The first-order chi connectivity index (χ1) is 12.9. The molecule has 8 heteroatoms. The van der Waals surface area contributed by atoms with E-state index in [-0.39, 0.29) is 17.4 Å². The standard InChI is InChI=1S/C19H17FN2O4S/c20-13-6-10-16(11-7-13)27(25,26)22(15-8-9-15)17-12-18(23)21(19(17)24)14-4-2-1-3-5-14/h1-7,10-11,15,17H,8-9,12H2. The van der Waals surface area contributed by atoms with E-state index < -0.39 is 33.7 Å². The van der Waals surface area contributed by atoms with Gasteiger partial charge in [0.1, 0.15) is 11.9 Å². The summed E-state index contributed by atoms with van der Waals surface area (Å²) in [6.07, 6.45) is 1.05. The summed E-state index contributed by atoms with van der Waals surface area (Å²) >= 11 is 0.